The lowest BCUT2D eigenvalue weighted by atomic mass is 9.94. The van der Waals surface area contributed by atoms with Crippen molar-refractivity contribution in [3.8, 4) is 0 Å². The lowest BCUT2D eigenvalue weighted by Crippen LogP contribution is -2.49. The fourth-order valence-corrected chi connectivity index (χ4v) is 6.02. The van der Waals surface area contributed by atoms with Gasteiger partial charge < -0.3 is 9.84 Å². The van der Waals surface area contributed by atoms with E-state index in [9.17, 15) is 14.7 Å². The molecule has 0 fully saturated rings. The van der Waals surface area contributed by atoms with Crippen molar-refractivity contribution in [1.29, 1.82) is 0 Å². The van der Waals surface area contributed by atoms with Crippen LogP contribution in [-0.4, -0.2) is 36.9 Å². The van der Waals surface area contributed by atoms with Crippen LogP contribution in [0.15, 0.2) is 12.2 Å². The molecule has 4 nitrogen and oxygen atoms in total. The first-order chi connectivity index (χ1) is 9.31. The van der Waals surface area contributed by atoms with Crippen LogP contribution in [0.25, 0.3) is 0 Å². The molecule has 0 spiro atoms. The van der Waals surface area contributed by atoms with Crippen LogP contribution in [0.4, 0.5) is 0 Å². The van der Waals surface area contributed by atoms with E-state index < -0.39 is 20.0 Å². The zero-order valence-corrected chi connectivity index (χ0v) is 14.0. The van der Waals surface area contributed by atoms with Gasteiger partial charge in [-0.2, -0.15) is 0 Å². The summed E-state index contributed by atoms with van der Waals surface area (Å²) in [6.45, 7) is 5.58. The van der Waals surface area contributed by atoms with E-state index in [4.69, 9.17) is 16.3 Å². The van der Waals surface area contributed by atoms with Gasteiger partial charge in [0.1, 0.15) is 8.07 Å². The Kier molecular flexibility index (Phi) is 6.26. The van der Waals surface area contributed by atoms with Crippen molar-refractivity contribution in [3.05, 3.63) is 12.2 Å². The topological polar surface area (TPSA) is 63.6 Å². The molecule has 0 aromatic heterocycles. The first-order valence-corrected chi connectivity index (χ1v) is 10.5. The maximum Gasteiger partial charge on any atom is 0.308 e. The van der Waals surface area contributed by atoms with Crippen molar-refractivity contribution in [2.45, 2.75) is 38.8 Å². The summed E-state index contributed by atoms with van der Waals surface area (Å²) < 4.78 is 5.35. The molecule has 0 heterocycles. The highest BCUT2D eigenvalue weighted by molar-refractivity contribution is 6.86. The summed E-state index contributed by atoms with van der Waals surface area (Å²) in [6, 6.07) is 0. The van der Waals surface area contributed by atoms with Crippen molar-refractivity contribution >= 4 is 31.6 Å². The third kappa shape index (κ3) is 4.09. The number of esters is 1. The minimum atomic E-state index is -2.20. The third-order valence-electron chi connectivity index (χ3n) is 3.86. The van der Waals surface area contributed by atoms with E-state index in [2.05, 4.69) is 0 Å². The molecule has 0 radical (unpaired) electrons. The highest BCUT2D eigenvalue weighted by Crippen LogP contribution is 2.38. The monoisotopic (exact) mass is 318 g/mol. The average Bonchev–Trinajstić information content (AvgIpc) is 2.44. The predicted octanol–water partition coefficient (Wildman–Crippen LogP) is 3.00. The molecule has 1 N–H and O–H groups in total. The minimum absolute atomic E-state index is 0.0776. The lowest BCUT2D eigenvalue weighted by molar-refractivity contribution is -0.145. The molecule has 1 rings (SSSR count). The fourth-order valence-electron chi connectivity index (χ4n) is 2.45. The van der Waals surface area contributed by atoms with Gasteiger partial charge in [-0.05, 0) is 18.4 Å². The van der Waals surface area contributed by atoms with Gasteiger partial charge in [0.2, 0.25) is 0 Å². The summed E-state index contributed by atoms with van der Waals surface area (Å²) in [5, 5.41) is 9.37. The molecule has 6 heteroatoms. The van der Waals surface area contributed by atoms with Crippen LogP contribution in [0.2, 0.25) is 12.1 Å². The normalized spacial score (nSPS) is 25.2. The van der Waals surface area contributed by atoms with Crippen molar-refractivity contribution in [2.24, 2.45) is 11.8 Å². The van der Waals surface area contributed by atoms with Gasteiger partial charge >= 0.3 is 11.9 Å². The highest BCUT2D eigenvalue weighted by Gasteiger charge is 2.44. The predicted molar refractivity (Wildman–Crippen MR) is 81.4 cm³/mol. The Hall–Kier alpha value is -0.813. The smallest absolute Gasteiger partial charge is 0.308 e. The Morgan fingerprint density at radius 1 is 1.50 bits per heavy atom. The molecule has 1 aliphatic carbocycles. The van der Waals surface area contributed by atoms with Gasteiger partial charge in [0.15, 0.2) is 0 Å². The Labute approximate surface area is 126 Å². The zero-order valence-electron chi connectivity index (χ0n) is 12.3. The largest absolute Gasteiger partial charge is 0.481 e. The van der Waals surface area contributed by atoms with Crippen LogP contribution in [0, 0.1) is 11.8 Å². The summed E-state index contributed by atoms with van der Waals surface area (Å²) in [7, 11) is -2.20. The van der Waals surface area contributed by atoms with E-state index in [1.807, 2.05) is 18.7 Å². The minimum Gasteiger partial charge on any atom is -0.481 e. The number of allylic oxidation sites excluding steroid dienone is 2. The Morgan fingerprint density at radius 2 is 2.15 bits per heavy atom. The van der Waals surface area contributed by atoms with Gasteiger partial charge in [0.05, 0.1) is 18.1 Å². The second-order valence-electron chi connectivity index (χ2n) is 6.03. The molecule has 0 aromatic rings. The summed E-state index contributed by atoms with van der Waals surface area (Å²) in [6.07, 6.45) is 5.69. The molecular weight excluding hydrogens is 296 g/mol. The molecule has 3 atom stereocenters. The molecule has 3 unspecified atom stereocenters. The number of aliphatic carboxylic acids is 1. The van der Waals surface area contributed by atoms with E-state index in [0.717, 1.165) is 6.42 Å². The Balaban J connectivity index is 2.85. The number of hydrogen-bond acceptors (Lipinski definition) is 3. The SMILES string of the molecule is CC(C)C(=O)OC[Si](C)(CCl)C1C=CCCC1C(=O)O. The molecule has 20 heavy (non-hydrogen) atoms. The number of alkyl halides is 1. The van der Waals surface area contributed by atoms with Crippen molar-refractivity contribution < 1.29 is 19.4 Å². The lowest BCUT2D eigenvalue weighted by Gasteiger charge is -2.37. The van der Waals surface area contributed by atoms with Crippen molar-refractivity contribution in [3.63, 3.8) is 0 Å². The number of rotatable bonds is 6. The fraction of sp³-hybridized carbons (Fsp3) is 0.714. The first kappa shape index (κ1) is 17.2. The molecule has 0 saturated heterocycles. The van der Waals surface area contributed by atoms with Crippen LogP contribution >= 0.6 is 11.6 Å². The van der Waals surface area contributed by atoms with Crippen LogP contribution in [0.5, 0.6) is 0 Å². The first-order valence-electron chi connectivity index (χ1n) is 6.94. The van der Waals surface area contributed by atoms with E-state index in [1.165, 1.54) is 0 Å². The van der Waals surface area contributed by atoms with Gasteiger partial charge in [-0.1, -0.05) is 32.5 Å². The molecule has 1 aliphatic rings. The summed E-state index contributed by atoms with van der Waals surface area (Å²) in [4.78, 5) is 23.0. The van der Waals surface area contributed by atoms with Gasteiger partial charge in [-0.15, -0.1) is 11.6 Å². The average molecular weight is 319 g/mol. The number of halogens is 1. The maximum atomic E-state index is 11.6. The van der Waals surface area contributed by atoms with Crippen molar-refractivity contribution in [2.75, 3.05) is 11.7 Å². The van der Waals surface area contributed by atoms with Gasteiger partial charge in [-0.3, -0.25) is 9.59 Å². The number of ether oxygens (including phenoxy) is 1. The van der Waals surface area contributed by atoms with Crippen LogP contribution in [-0.2, 0) is 14.3 Å². The molecule has 0 bridgehead atoms. The number of hydrogen-bond donors (Lipinski definition) is 1. The number of carbonyl (C=O) groups excluding carboxylic acids is 1. The van der Waals surface area contributed by atoms with E-state index in [1.54, 1.807) is 13.8 Å². The standard InChI is InChI=1S/C14H23ClO4Si/c1-10(2)14(18)19-9-20(3,8-15)12-7-5-4-6-11(12)13(16)17/h5,7,10-12H,4,6,8-9H2,1-3H3,(H,16,17). The maximum absolute atomic E-state index is 11.6. The van der Waals surface area contributed by atoms with Gasteiger partial charge in [0, 0.05) is 5.50 Å². The second kappa shape index (κ2) is 7.27. The highest BCUT2D eigenvalue weighted by atomic mass is 35.5. The number of carboxylic acid groups (broad SMARTS) is 1. The zero-order chi connectivity index (χ0) is 15.3. The van der Waals surface area contributed by atoms with E-state index in [0.29, 0.717) is 11.9 Å². The van der Waals surface area contributed by atoms with Crippen LogP contribution in [0.3, 0.4) is 0 Å². The Bertz CT molecular complexity index is 397. The molecule has 0 aliphatic heterocycles. The molecule has 0 saturated carbocycles. The molecule has 0 amide bonds. The number of carbonyl (C=O) groups is 2. The van der Waals surface area contributed by atoms with Gasteiger partial charge in [-0.25, -0.2) is 0 Å². The van der Waals surface area contributed by atoms with Crippen LogP contribution < -0.4 is 0 Å². The Morgan fingerprint density at radius 3 is 2.65 bits per heavy atom. The summed E-state index contributed by atoms with van der Waals surface area (Å²) in [5.74, 6) is -1.62. The molecule has 114 valence electrons. The second-order valence-corrected chi connectivity index (χ2v) is 11.4. The summed E-state index contributed by atoms with van der Waals surface area (Å²) >= 11 is 6.12. The molecule has 0 aromatic carbocycles. The van der Waals surface area contributed by atoms with E-state index in [-0.39, 0.29) is 23.7 Å². The van der Waals surface area contributed by atoms with E-state index >= 15 is 0 Å². The van der Waals surface area contributed by atoms with Crippen LogP contribution in [0.1, 0.15) is 26.7 Å². The number of carboxylic acids is 1. The van der Waals surface area contributed by atoms with Gasteiger partial charge in [0.25, 0.3) is 0 Å². The quantitative estimate of drug-likeness (QED) is 0.354. The summed E-state index contributed by atoms with van der Waals surface area (Å²) in [5.41, 5.74) is 0.308. The van der Waals surface area contributed by atoms with Crippen molar-refractivity contribution in [1.82, 2.24) is 0 Å². The molecular formula is C14H23ClO4Si. The third-order valence-corrected chi connectivity index (χ3v) is 9.31.